The van der Waals surface area contributed by atoms with Crippen molar-refractivity contribution in [3.05, 3.63) is 9.66 Å². The van der Waals surface area contributed by atoms with Crippen molar-refractivity contribution >= 4 is 22.6 Å². The summed E-state index contributed by atoms with van der Waals surface area (Å²) in [6.45, 7) is 7.28. The first-order chi connectivity index (χ1) is 4.98. The van der Waals surface area contributed by atoms with Gasteiger partial charge in [-0.1, -0.05) is 26.8 Å². The summed E-state index contributed by atoms with van der Waals surface area (Å²) in [7, 11) is 0. The topological polar surface area (TPSA) is 0 Å². The van der Waals surface area contributed by atoms with Crippen LogP contribution in [0.3, 0.4) is 0 Å². The predicted octanol–water partition coefficient (Wildman–Crippen LogP) is 3.76. The molecule has 2 aliphatic rings. The van der Waals surface area contributed by atoms with Crippen LogP contribution in [0.5, 0.6) is 0 Å². The standard InChI is InChI=1S/C10H15I/c1-9(2)7-4-5-10(9,3)8(11)6-7/h6-7H,4-5H2,1-3H3. The molecule has 0 aromatic carbocycles. The second-order valence-corrected chi connectivity index (χ2v) is 5.88. The van der Waals surface area contributed by atoms with Crippen molar-refractivity contribution in [3.63, 3.8) is 0 Å². The molecule has 0 nitrogen and oxygen atoms in total. The Bertz CT molecular complexity index is 227. The molecule has 0 N–H and O–H groups in total. The molecule has 0 aromatic rings. The Morgan fingerprint density at radius 2 is 2.09 bits per heavy atom. The maximum Gasteiger partial charge on any atom is 0.00365 e. The van der Waals surface area contributed by atoms with Crippen molar-refractivity contribution in [2.24, 2.45) is 16.7 Å². The summed E-state index contributed by atoms with van der Waals surface area (Å²) in [5.74, 6) is 0.861. The Kier molecular flexibility index (Phi) is 1.50. The first-order valence-electron chi connectivity index (χ1n) is 4.36. The van der Waals surface area contributed by atoms with Crippen LogP contribution in [-0.2, 0) is 0 Å². The lowest BCUT2D eigenvalue weighted by molar-refractivity contribution is 0.180. The summed E-state index contributed by atoms with van der Waals surface area (Å²) in [6.07, 6.45) is 5.31. The minimum atomic E-state index is 0.512. The lowest BCUT2D eigenvalue weighted by atomic mass is 9.70. The Morgan fingerprint density at radius 3 is 2.27 bits per heavy atom. The zero-order chi connectivity index (χ0) is 8.28. The van der Waals surface area contributed by atoms with E-state index in [2.05, 4.69) is 49.4 Å². The number of hydrogen-bond donors (Lipinski definition) is 0. The van der Waals surface area contributed by atoms with Gasteiger partial charge in [-0.3, -0.25) is 0 Å². The van der Waals surface area contributed by atoms with E-state index in [1.54, 1.807) is 3.58 Å². The van der Waals surface area contributed by atoms with Crippen LogP contribution in [0.2, 0.25) is 0 Å². The Balaban J connectivity index is 2.49. The summed E-state index contributed by atoms with van der Waals surface area (Å²) in [5, 5.41) is 0. The first-order valence-corrected chi connectivity index (χ1v) is 5.44. The average molecular weight is 262 g/mol. The molecular weight excluding hydrogens is 247 g/mol. The summed E-state index contributed by atoms with van der Waals surface area (Å²) in [6, 6.07) is 0. The van der Waals surface area contributed by atoms with Crippen molar-refractivity contribution in [1.82, 2.24) is 0 Å². The molecule has 0 heterocycles. The SMILES string of the molecule is CC12CCC(C=C1I)C2(C)C. The predicted molar refractivity (Wildman–Crippen MR) is 56.7 cm³/mol. The number of fused-ring (bicyclic) bond motifs is 2. The van der Waals surface area contributed by atoms with E-state index >= 15 is 0 Å². The van der Waals surface area contributed by atoms with Crippen molar-refractivity contribution in [2.45, 2.75) is 33.6 Å². The highest BCUT2D eigenvalue weighted by molar-refractivity contribution is 14.1. The fourth-order valence-corrected chi connectivity index (χ4v) is 4.01. The molecule has 0 radical (unpaired) electrons. The first kappa shape index (κ1) is 8.09. The van der Waals surface area contributed by atoms with Gasteiger partial charge < -0.3 is 0 Å². The van der Waals surface area contributed by atoms with Crippen LogP contribution in [0, 0.1) is 16.7 Å². The van der Waals surface area contributed by atoms with E-state index in [1.807, 2.05) is 0 Å². The Labute approximate surface area is 82.6 Å². The lowest BCUT2D eigenvalue weighted by Gasteiger charge is -2.35. The van der Waals surface area contributed by atoms with Gasteiger partial charge in [-0.15, -0.1) is 0 Å². The highest BCUT2D eigenvalue weighted by Crippen LogP contribution is 2.66. The molecule has 1 fully saturated rings. The van der Waals surface area contributed by atoms with Gasteiger partial charge in [0.15, 0.2) is 0 Å². The van der Waals surface area contributed by atoms with Gasteiger partial charge in [-0.2, -0.15) is 0 Å². The zero-order valence-corrected chi connectivity index (χ0v) is 9.60. The van der Waals surface area contributed by atoms with Gasteiger partial charge in [-0.25, -0.2) is 0 Å². The highest BCUT2D eigenvalue weighted by atomic mass is 127. The molecule has 0 saturated heterocycles. The van der Waals surface area contributed by atoms with Gasteiger partial charge in [-0.05, 0) is 50.3 Å². The Morgan fingerprint density at radius 1 is 1.45 bits per heavy atom. The number of halogens is 1. The van der Waals surface area contributed by atoms with Crippen LogP contribution in [0.15, 0.2) is 9.66 Å². The molecule has 2 rings (SSSR count). The second-order valence-electron chi connectivity index (χ2n) is 4.71. The van der Waals surface area contributed by atoms with Crippen molar-refractivity contribution < 1.29 is 0 Å². The molecule has 0 amide bonds. The van der Waals surface area contributed by atoms with Gasteiger partial charge in [0.2, 0.25) is 0 Å². The van der Waals surface area contributed by atoms with E-state index in [4.69, 9.17) is 0 Å². The normalized spacial score (nSPS) is 46.2. The van der Waals surface area contributed by atoms with Crippen LogP contribution in [0.25, 0.3) is 0 Å². The van der Waals surface area contributed by atoms with Crippen molar-refractivity contribution in [1.29, 1.82) is 0 Å². The monoisotopic (exact) mass is 262 g/mol. The quantitative estimate of drug-likeness (QED) is 0.583. The van der Waals surface area contributed by atoms with Crippen LogP contribution in [0.1, 0.15) is 33.6 Å². The van der Waals surface area contributed by atoms with E-state index in [1.165, 1.54) is 12.8 Å². The molecule has 2 aliphatic carbocycles. The Hall–Kier alpha value is 0.470. The minimum absolute atomic E-state index is 0.512. The lowest BCUT2D eigenvalue weighted by Crippen LogP contribution is -2.28. The molecular formula is C10H15I. The second kappa shape index (κ2) is 2.04. The van der Waals surface area contributed by atoms with E-state index in [-0.39, 0.29) is 0 Å². The van der Waals surface area contributed by atoms with E-state index < -0.39 is 0 Å². The fraction of sp³-hybridized carbons (Fsp3) is 0.800. The molecule has 2 bridgehead atoms. The molecule has 0 aromatic heterocycles. The van der Waals surface area contributed by atoms with Crippen molar-refractivity contribution in [2.75, 3.05) is 0 Å². The third-order valence-electron chi connectivity index (χ3n) is 4.18. The highest BCUT2D eigenvalue weighted by Gasteiger charge is 2.56. The molecule has 0 aliphatic heterocycles. The maximum atomic E-state index is 2.53. The van der Waals surface area contributed by atoms with E-state index in [0.717, 1.165) is 5.92 Å². The number of allylic oxidation sites excluding steroid dienone is 2. The average Bonchev–Trinajstić information content (AvgIpc) is 2.20. The number of rotatable bonds is 0. The summed E-state index contributed by atoms with van der Waals surface area (Å²) in [5.41, 5.74) is 1.04. The van der Waals surface area contributed by atoms with E-state index in [0.29, 0.717) is 10.8 Å². The van der Waals surface area contributed by atoms with Gasteiger partial charge in [0.1, 0.15) is 0 Å². The molecule has 2 unspecified atom stereocenters. The summed E-state index contributed by atoms with van der Waals surface area (Å²) >= 11 is 2.53. The summed E-state index contributed by atoms with van der Waals surface area (Å²) < 4.78 is 1.61. The van der Waals surface area contributed by atoms with Gasteiger partial charge in [0, 0.05) is 5.41 Å². The largest absolute Gasteiger partial charge is 0.0710 e. The molecule has 11 heavy (non-hydrogen) atoms. The van der Waals surface area contributed by atoms with Gasteiger partial charge >= 0.3 is 0 Å². The van der Waals surface area contributed by atoms with Crippen LogP contribution >= 0.6 is 22.6 Å². The minimum Gasteiger partial charge on any atom is -0.0710 e. The molecule has 0 spiro atoms. The van der Waals surface area contributed by atoms with Gasteiger partial charge in [0.25, 0.3) is 0 Å². The maximum absolute atomic E-state index is 2.53. The van der Waals surface area contributed by atoms with Gasteiger partial charge in [0.05, 0.1) is 0 Å². The number of hydrogen-bond acceptors (Lipinski definition) is 0. The van der Waals surface area contributed by atoms with Crippen LogP contribution in [-0.4, -0.2) is 0 Å². The smallest absolute Gasteiger partial charge is 0.00365 e. The molecule has 1 saturated carbocycles. The molecule has 2 atom stereocenters. The third-order valence-corrected chi connectivity index (χ3v) is 5.73. The molecule has 62 valence electrons. The van der Waals surface area contributed by atoms with E-state index in [9.17, 15) is 0 Å². The molecule has 1 heteroatoms. The summed E-state index contributed by atoms with van der Waals surface area (Å²) in [4.78, 5) is 0. The fourth-order valence-electron chi connectivity index (χ4n) is 2.62. The van der Waals surface area contributed by atoms with Crippen LogP contribution in [0.4, 0.5) is 0 Å². The zero-order valence-electron chi connectivity index (χ0n) is 7.45. The van der Waals surface area contributed by atoms with Crippen LogP contribution < -0.4 is 0 Å². The van der Waals surface area contributed by atoms with Crippen molar-refractivity contribution in [3.8, 4) is 0 Å². The third kappa shape index (κ3) is 0.758.